The predicted molar refractivity (Wildman–Crippen MR) is 78.3 cm³/mol. The van der Waals surface area contributed by atoms with E-state index in [0.29, 0.717) is 25.3 Å². The molecule has 0 saturated heterocycles. The molecule has 0 saturated carbocycles. The van der Waals surface area contributed by atoms with Gasteiger partial charge in [-0.2, -0.15) is 5.10 Å². The highest BCUT2D eigenvalue weighted by Crippen LogP contribution is 2.06. The van der Waals surface area contributed by atoms with E-state index < -0.39 is 0 Å². The minimum Gasteiger partial charge on any atom is -0.336 e. The predicted octanol–water partition coefficient (Wildman–Crippen LogP) is 1.06. The van der Waals surface area contributed by atoms with Crippen LogP contribution in [0.2, 0.25) is 0 Å². The second-order valence-electron chi connectivity index (χ2n) is 4.66. The molecule has 1 heterocycles. The van der Waals surface area contributed by atoms with E-state index >= 15 is 0 Å². The van der Waals surface area contributed by atoms with Crippen molar-refractivity contribution in [2.75, 3.05) is 19.6 Å². The standard InChI is InChI=1S/C15H20N4O/c1-18-14(7-10-17-18)15(20)19(12-9-16)11-8-13-5-3-2-4-6-13/h2-7,10H,8-9,11-12,16H2,1H3. The average molecular weight is 272 g/mol. The van der Waals surface area contributed by atoms with Crippen molar-refractivity contribution in [2.24, 2.45) is 12.8 Å². The monoisotopic (exact) mass is 272 g/mol. The highest BCUT2D eigenvalue weighted by atomic mass is 16.2. The zero-order valence-electron chi connectivity index (χ0n) is 11.7. The fourth-order valence-electron chi connectivity index (χ4n) is 2.13. The van der Waals surface area contributed by atoms with E-state index in [1.807, 2.05) is 18.2 Å². The third-order valence-electron chi connectivity index (χ3n) is 3.24. The molecule has 2 aromatic rings. The van der Waals surface area contributed by atoms with Crippen molar-refractivity contribution in [1.29, 1.82) is 0 Å². The van der Waals surface area contributed by atoms with Crippen molar-refractivity contribution in [1.82, 2.24) is 14.7 Å². The molecule has 5 nitrogen and oxygen atoms in total. The average Bonchev–Trinajstić information content (AvgIpc) is 2.90. The summed E-state index contributed by atoms with van der Waals surface area (Å²) in [6, 6.07) is 11.9. The van der Waals surface area contributed by atoms with Gasteiger partial charge in [-0.25, -0.2) is 0 Å². The maximum absolute atomic E-state index is 12.4. The number of benzene rings is 1. The summed E-state index contributed by atoms with van der Waals surface area (Å²) in [5.41, 5.74) is 7.42. The molecule has 0 fully saturated rings. The van der Waals surface area contributed by atoms with Crippen LogP contribution in [0.5, 0.6) is 0 Å². The molecular weight excluding hydrogens is 252 g/mol. The van der Waals surface area contributed by atoms with Gasteiger partial charge >= 0.3 is 0 Å². The second-order valence-corrected chi connectivity index (χ2v) is 4.66. The highest BCUT2D eigenvalue weighted by molar-refractivity contribution is 5.92. The fourth-order valence-corrected chi connectivity index (χ4v) is 2.13. The summed E-state index contributed by atoms with van der Waals surface area (Å²) >= 11 is 0. The third-order valence-corrected chi connectivity index (χ3v) is 3.24. The van der Waals surface area contributed by atoms with Gasteiger partial charge in [0.25, 0.3) is 5.91 Å². The van der Waals surface area contributed by atoms with Gasteiger partial charge in [0, 0.05) is 32.9 Å². The minimum atomic E-state index is -0.0219. The molecule has 0 atom stereocenters. The molecule has 1 amide bonds. The molecule has 0 radical (unpaired) electrons. The van der Waals surface area contributed by atoms with Gasteiger partial charge in [-0.05, 0) is 18.1 Å². The summed E-state index contributed by atoms with van der Waals surface area (Å²) in [6.07, 6.45) is 2.45. The number of nitrogens with two attached hydrogens (primary N) is 1. The number of amides is 1. The first-order valence-electron chi connectivity index (χ1n) is 6.73. The quantitative estimate of drug-likeness (QED) is 0.855. The second kappa shape index (κ2) is 6.86. The molecule has 2 rings (SSSR count). The molecule has 1 aromatic heterocycles. The molecule has 20 heavy (non-hydrogen) atoms. The number of hydrogen-bond donors (Lipinski definition) is 1. The Morgan fingerprint density at radius 2 is 2.00 bits per heavy atom. The Hall–Kier alpha value is -2.14. The van der Waals surface area contributed by atoms with Crippen molar-refractivity contribution >= 4 is 5.91 Å². The fraction of sp³-hybridized carbons (Fsp3) is 0.333. The Morgan fingerprint density at radius 1 is 1.25 bits per heavy atom. The van der Waals surface area contributed by atoms with E-state index in [2.05, 4.69) is 17.2 Å². The Balaban J connectivity index is 2.03. The van der Waals surface area contributed by atoms with Crippen LogP contribution in [-0.2, 0) is 13.5 Å². The van der Waals surface area contributed by atoms with Crippen molar-refractivity contribution in [3.63, 3.8) is 0 Å². The lowest BCUT2D eigenvalue weighted by Crippen LogP contribution is -2.37. The van der Waals surface area contributed by atoms with Crippen LogP contribution in [0.1, 0.15) is 16.1 Å². The van der Waals surface area contributed by atoms with Crippen LogP contribution >= 0.6 is 0 Å². The van der Waals surface area contributed by atoms with E-state index in [1.54, 1.807) is 28.9 Å². The summed E-state index contributed by atoms with van der Waals surface area (Å²) in [5, 5.41) is 4.04. The lowest BCUT2D eigenvalue weighted by Gasteiger charge is -2.22. The summed E-state index contributed by atoms with van der Waals surface area (Å²) in [4.78, 5) is 14.2. The Morgan fingerprint density at radius 3 is 2.60 bits per heavy atom. The normalized spacial score (nSPS) is 10.5. The maximum Gasteiger partial charge on any atom is 0.272 e. The van der Waals surface area contributed by atoms with Gasteiger partial charge in [0.2, 0.25) is 0 Å². The van der Waals surface area contributed by atoms with Gasteiger partial charge in [-0.3, -0.25) is 9.48 Å². The number of aromatic nitrogens is 2. The zero-order chi connectivity index (χ0) is 14.4. The zero-order valence-corrected chi connectivity index (χ0v) is 11.7. The first kappa shape index (κ1) is 14.3. The number of nitrogens with zero attached hydrogens (tertiary/aromatic N) is 3. The highest BCUT2D eigenvalue weighted by Gasteiger charge is 2.17. The van der Waals surface area contributed by atoms with Gasteiger partial charge < -0.3 is 10.6 Å². The van der Waals surface area contributed by atoms with Gasteiger partial charge in [0.1, 0.15) is 5.69 Å². The van der Waals surface area contributed by atoms with Crippen molar-refractivity contribution in [3.8, 4) is 0 Å². The van der Waals surface area contributed by atoms with Crippen LogP contribution in [0.3, 0.4) is 0 Å². The van der Waals surface area contributed by atoms with Gasteiger partial charge in [-0.15, -0.1) is 0 Å². The maximum atomic E-state index is 12.4. The van der Waals surface area contributed by atoms with Crippen molar-refractivity contribution in [3.05, 3.63) is 53.9 Å². The molecular formula is C15H20N4O. The molecule has 0 unspecified atom stereocenters. The van der Waals surface area contributed by atoms with Crippen LogP contribution in [0.25, 0.3) is 0 Å². The Labute approximate surface area is 119 Å². The largest absolute Gasteiger partial charge is 0.336 e. The van der Waals surface area contributed by atoms with Crippen LogP contribution in [0.4, 0.5) is 0 Å². The van der Waals surface area contributed by atoms with Crippen molar-refractivity contribution in [2.45, 2.75) is 6.42 Å². The molecule has 1 aromatic carbocycles. The van der Waals surface area contributed by atoms with Crippen molar-refractivity contribution < 1.29 is 4.79 Å². The summed E-state index contributed by atoms with van der Waals surface area (Å²) in [5.74, 6) is -0.0219. The smallest absolute Gasteiger partial charge is 0.272 e. The SMILES string of the molecule is Cn1nccc1C(=O)N(CCN)CCc1ccccc1. The number of hydrogen-bond acceptors (Lipinski definition) is 3. The lowest BCUT2D eigenvalue weighted by atomic mass is 10.1. The van der Waals surface area contributed by atoms with Crippen LogP contribution in [-0.4, -0.2) is 40.2 Å². The van der Waals surface area contributed by atoms with Gasteiger partial charge in [0.15, 0.2) is 0 Å². The number of carbonyl (C=O) groups is 1. The first-order valence-corrected chi connectivity index (χ1v) is 6.73. The topological polar surface area (TPSA) is 64.2 Å². The van der Waals surface area contributed by atoms with E-state index in [1.165, 1.54) is 5.56 Å². The summed E-state index contributed by atoms with van der Waals surface area (Å²) < 4.78 is 1.59. The lowest BCUT2D eigenvalue weighted by molar-refractivity contribution is 0.0751. The van der Waals surface area contributed by atoms with Crippen LogP contribution in [0.15, 0.2) is 42.6 Å². The molecule has 0 aliphatic rings. The van der Waals surface area contributed by atoms with Crippen LogP contribution in [0, 0.1) is 0 Å². The molecule has 0 aliphatic heterocycles. The molecule has 0 bridgehead atoms. The molecule has 5 heteroatoms. The molecule has 0 aliphatic carbocycles. The van der Waals surface area contributed by atoms with E-state index in [-0.39, 0.29) is 5.91 Å². The van der Waals surface area contributed by atoms with Gasteiger partial charge in [-0.1, -0.05) is 30.3 Å². The van der Waals surface area contributed by atoms with E-state index in [9.17, 15) is 4.79 Å². The van der Waals surface area contributed by atoms with Gasteiger partial charge in [0.05, 0.1) is 0 Å². The molecule has 0 spiro atoms. The summed E-state index contributed by atoms with van der Waals surface area (Å²) in [7, 11) is 1.77. The third kappa shape index (κ3) is 3.45. The Bertz CT molecular complexity index is 550. The Kier molecular flexibility index (Phi) is 4.90. The number of rotatable bonds is 6. The first-order chi connectivity index (χ1) is 9.72. The van der Waals surface area contributed by atoms with E-state index in [0.717, 1.165) is 6.42 Å². The number of carbonyl (C=O) groups excluding carboxylic acids is 1. The van der Waals surface area contributed by atoms with Crippen LogP contribution < -0.4 is 5.73 Å². The minimum absolute atomic E-state index is 0.0219. The number of aryl methyl sites for hydroxylation is 1. The van der Waals surface area contributed by atoms with E-state index in [4.69, 9.17) is 5.73 Å². The molecule has 2 N–H and O–H groups in total. The summed E-state index contributed by atoms with van der Waals surface area (Å²) in [6.45, 7) is 1.67. The molecule has 106 valence electrons.